The van der Waals surface area contributed by atoms with Gasteiger partial charge in [-0.3, -0.25) is 4.79 Å². The second-order valence-electron chi connectivity index (χ2n) is 6.37. The maximum Gasteiger partial charge on any atom is 0.243 e. The average molecular weight is 487 g/mol. The van der Waals surface area contributed by atoms with Crippen molar-refractivity contribution in [2.45, 2.75) is 12.5 Å². The van der Waals surface area contributed by atoms with Crippen molar-refractivity contribution in [2.24, 2.45) is 4.99 Å². The molecule has 7 nitrogen and oxygen atoms in total. The van der Waals surface area contributed by atoms with E-state index in [1.165, 1.54) is 4.90 Å². The first kappa shape index (κ1) is 23.1. The number of hydrogen-bond acceptors (Lipinski definition) is 4. The van der Waals surface area contributed by atoms with Gasteiger partial charge in [-0.1, -0.05) is 18.2 Å². The third-order valence-corrected chi connectivity index (χ3v) is 4.24. The quantitative estimate of drug-likeness (QED) is 0.265. The fourth-order valence-corrected chi connectivity index (χ4v) is 2.79. The first-order valence-corrected chi connectivity index (χ1v) is 8.79. The number of amides is 1. The molecule has 0 bridgehead atoms. The zero-order valence-corrected chi connectivity index (χ0v) is 18.6. The molecule has 1 unspecified atom stereocenters. The lowest BCUT2D eigenvalue weighted by molar-refractivity contribution is -0.127. The Hall–Kier alpha value is -1.97. The third-order valence-electron chi connectivity index (χ3n) is 4.24. The number of guanidine groups is 1. The van der Waals surface area contributed by atoms with Crippen molar-refractivity contribution in [2.75, 3.05) is 52.3 Å². The lowest BCUT2D eigenvalue weighted by atomic mass is 10.2. The summed E-state index contributed by atoms with van der Waals surface area (Å²) in [5.41, 5.74) is 1.10. The zero-order valence-electron chi connectivity index (χ0n) is 16.3. The minimum atomic E-state index is -0.0354. The van der Waals surface area contributed by atoms with Gasteiger partial charge in [0.1, 0.15) is 12.3 Å². The number of carbonyl (C=O) groups excluding carboxylic acids is 1. The van der Waals surface area contributed by atoms with Crippen LogP contribution in [0.3, 0.4) is 0 Å². The second kappa shape index (κ2) is 11.7. The van der Waals surface area contributed by atoms with E-state index in [-0.39, 0.29) is 42.5 Å². The number of methoxy groups -OCH3 is 1. The van der Waals surface area contributed by atoms with Crippen LogP contribution in [0.15, 0.2) is 41.9 Å². The van der Waals surface area contributed by atoms with E-state index in [1.54, 1.807) is 27.3 Å². The normalized spacial score (nSPS) is 16.3. The Morgan fingerprint density at radius 2 is 2.19 bits per heavy atom. The van der Waals surface area contributed by atoms with E-state index in [4.69, 9.17) is 4.74 Å². The number of nitrogens with zero attached hydrogens (tertiary/aromatic N) is 3. The zero-order chi connectivity index (χ0) is 18.9. The Kier molecular flexibility index (Phi) is 9.98. The number of aliphatic imine (C=N–C) groups is 1. The van der Waals surface area contributed by atoms with Crippen molar-refractivity contribution < 1.29 is 9.53 Å². The van der Waals surface area contributed by atoms with E-state index in [0.29, 0.717) is 12.5 Å². The lowest BCUT2D eigenvalue weighted by Gasteiger charge is -2.22. The van der Waals surface area contributed by atoms with Gasteiger partial charge in [0.2, 0.25) is 5.91 Å². The topological polar surface area (TPSA) is 69.2 Å². The number of anilines is 1. The second-order valence-corrected chi connectivity index (χ2v) is 6.37. The largest absolute Gasteiger partial charge is 0.495 e. The van der Waals surface area contributed by atoms with Gasteiger partial charge in [-0.15, -0.1) is 30.6 Å². The molecular formula is C19H30IN5O2. The maximum absolute atomic E-state index is 11.8. The number of hydrogen-bond donors (Lipinski definition) is 2. The predicted octanol–water partition coefficient (Wildman–Crippen LogP) is 1.70. The first-order valence-electron chi connectivity index (χ1n) is 8.79. The molecule has 1 atom stereocenters. The highest BCUT2D eigenvalue weighted by molar-refractivity contribution is 14.0. The van der Waals surface area contributed by atoms with Crippen LogP contribution in [0, 0.1) is 0 Å². The summed E-state index contributed by atoms with van der Waals surface area (Å²) in [4.78, 5) is 20.0. The van der Waals surface area contributed by atoms with E-state index >= 15 is 0 Å². The van der Waals surface area contributed by atoms with Crippen molar-refractivity contribution in [3.63, 3.8) is 0 Å². The van der Waals surface area contributed by atoms with Crippen LogP contribution in [0.25, 0.3) is 0 Å². The summed E-state index contributed by atoms with van der Waals surface area (Å²) in [6.07, 6.45) is 2.75. The van der Waals surface area contributed by atoms with Crippen molar-refractivity contribution in [3.05, 3.63) is 36.9 Å². The summed E-state index contributed by atoms with van der Waals surface area (Å²) < 4.78 is 5.46. The molecule has 2 rings (SSSR count). The van der Waals surface area contributed by atoms with Gasteiger partial charge >= 0.3 is 0 Å². The predicted molar refractivity (Wildman–Crippen MR) is 121 cm³/mol. The van der Waals surface area contributed by atoms with E-state index in [2.05, 4.69) is 33.2 Å². The fourth-order valence-electron chi connectivity index (χ4n) is 2.79. The highest BCUT2D eigenvalue weighted by Gasteiger charge is 2.25. The van der Waals surface area contributed by atoms with Gasteiger partial charge in [-0.05, 0) is 18.6 Å². The molecule has 1 aromatic rings. The number of halogens is 1. The summed E-state index contributed by atoms with van der Waals surface area (Å²) in [5.74, 6) is 1.47. The van der Waals surface area contributed by atoms with Crippen molar-refractivity contribution in [3.8, 4) is 5.75 Å². The molecule has 150 valence electrons. The summed E-state index contributed by atoms with van der Waals surface area (Å²) >= 11 is 0. The van der Waals surface area contributed by atoms with Gasteiger partial charge in [-0.25, -0.2) is 4.99 Å². The van der Waals surface area contributed by atoms with Crippen LogP contribution in [0.1, 0.15) is 6.42 Å². The molecule has 1 saturated heterocycles. The molecule has 27 heavy (non-hydrogen) atoms. The molecule has 0 aliphatic carbocycles. The van der Waals surface area contributed by atoms with E-state index in [1.807, 2.05) is 18.2 Å². The molecule has 0 aromatic heterocycles. The Balaban J connectivity index is 0.00000364. The smallest absolute Gasteiger partial charge is 0.243 e. The molecule has 1 heterocycles. The Bertz CT molecular complexity index is 651. The number of ether oxygens (including phenoxy) is 1. The Morgan fingerprint density at radius 3 is 2.85 bits per heavy atom. The van der Waals surface area contributed by atoms with Gasteiger partial charge in [0.25, 0.3) is 0 Å². The molecule has 8 heteroatoms. The first-order chi connectivity index (χ1) is 12.5. The highest BCUT2D eigenvalue weighted by atomic mass is 127. The average Bonchev–Trinajstić information content (AvgIpc) is 3.11. The van der Waals surface area contributed by atoms with Crippen LogP contribution in [-0.4, -0.2) is 70.2 Å². The van der Waals surface area contributed by atoms with Crippen molar-refractivity contribution >= 4 is 41.5 Å². The molecule has 1 fully saturated rings. The van der Waals surface area contributed by atoms with Gasteiger partial charge in [-0.2, -0.15) is 0 Å². The summed E-state index contributed by atoms with van der Waals surface area (Å²) in [7, 11) is 5.14. The maximum atomic E-state index is 11.8. The van der Waals surface area contributed by atoms with Gasteiger partial charge in [0.05, 0.1) is 12.8 Å². The lowest BCUT2D eigenvalue weighted by Crippen LogP contribution is -2.45. The molecule has 1 aliphatic heterocycles. The van der Waals surface area contributed by atoms with Gasteiger partial charge < -0.3 is 25.2 Å². The molecule has 1 amide bonds. The van der Waals surface area contributed by atoms with Crippen LogP contribution in [0.2, 0.25) is 0 Å². The van der Waals surface area contributed by atoms with E-state index in [0.717, 1.165) is 30.9 Å². The van der Waals surface area contributed by atoms with Crippen LogP contribution in [-0.2, 0) is 4.79 Å². The minimum absolute atomic E-state index is 0. The Morgan fingerprint density at radius 1 is 1.44 bits per heavy atom. The van der Waals surface area contributed by atoms with Crippen molar-refractivity contribution in [1.29, 1.82) is 0 Å². The summed E-state index contributed by atoms with van der Waals surface area (Å²) in [6.45, 7) is 6.20. The van der Waals surface area contributed by atoms with Crippen LogP contribution in [0.5, 0.6) is 5.75 Å². The van der Waals surface area contributed by atoms with E-state index in [9.17, 15) is 4.79 Å². The van der Waals surface area contributed by atoms with E-state index < -0.39 is 0 Å². The molecule has 0 radical (unpaired) electrons. The molecule has 1 aliphatic rings. The molecule has 0 spiro atoms. The minimum Gasteiger partial charge on any atom is -0.495 e. The SMILES string of the molecule is C=CCNC(=NCC(=O)N(C)C)NC1CCN(c2ccccc2OC)C1.I. The number of carbonyl (C=O) groups is 1. The molecular weight excluding hydrogens is 457 g/mol. The van der Waals surface area contributed by atoms with Gasteiger partial charge in [0.15, 0.2) is 5.96 Å². The van der Waals surface area contributed by atoms with Crippen LogP contribution >= 0.6 is 24.0 Å². The number of rotatable bonds is 7. The number of para-hydroxylation sites is 2. The number of nitrogens with one attached hydrogen (secondary N) is 2. The number of likely N-dealkylation sites (N-methyl/N-ethyl adjacent to an activating group) is 1. The molecule has 2 N–H and O–H groups in total. The highest BCUT2D eigenvalue weighted by Crippen LogP contribution is 2.30. The standard InChI is InChI=1S/C19H29N5O2.HI/c1-5-11-20-19(21-13-18(25)23(2)3)22-15-10-12-24(14-15)16-8-6-7-9-17(16)26-4;/h5-9,15H,1,10-14H2,2-4H3,(H2,20,21,22);1H. The number of benzene rings is 1. The molecule has 1 aromatic carbocycles. The molecule has 0 saturated carbocycles. The van der Waals surface area contributed by atoms with Crippen LogP contribution in [0.4, 0.5) is 5.69 Å². The van der Waals surface area contributed by atoms with Crippen LogP contribution < -0.4 is 20.3 Å². The Labute approximate surface area is 178 Å². The monoisotopic (exact) mass is 487 g/mol. The summed E-state index contributed by atoms with van der Waals surface area (Å²) in [5, 5.41) is 6.59. The summed E-state index contributed by atoms with van der Waals surface area (Å²) in [6, 6.07) is 8.28. The fraction of sp³-hybridized carbons (Fsp3) is 0.474. The van der Waals surface area contributed by atoms with Crippen molar-refractivity contribution in [1.82, 2.24) is 15.5 Å². The van der Waals surface area contributed by atoms with Gasteiger partial charge in [0, 0.05) is 39.8 Å². The third kappa shape index (κ3) is 6.93.